The van der Waals surface area contributed by atoms with Gasteiger partial charge in [0, 0.05) is 0 Å². The molecule has 4 nitrogen and oxygen atoms in total. The Morgan fingerprint density at radius 1 is 1.50 bits per heavy atom. The second-order valence-corrected chi connectivity index (χ2v) is 3.66. The molecule has 0 aromatic rings. The molecular formula is C7H10BrN2O2+. The highest BCUT2D eigenvalue weighted by atomic mass is 79.9. The third-order valence-electron chi connectivity index (χ3n) is 2.02. The van der Waals surface area contributed by atoms with E-state index in [0.717, 1.165) is 10.6 Å². The molecular weight excluding hydrogens is 224 g/mol. The van der Waals surface area contributed by atoms with Gasteiger partial charge in [0.1, 0.15) is 5.71 Å². The molecule has 0 fully saturated rings. The minimum atomic E-state index is -0.370. The van der Waals surface area contributed by atoms with Crippen LogP contribution in [0.15, 0.2) is 0 Å². The van der Waals surface area contributed by atoms with Gasteiger partial charge in [0.05, 0.1) is 14.1 Å². The number of alkyl halides is 1. The fourth-order valence-electron chi connectivity index (χ4n) is 0.989. The number of rotatable bonds is 0. The lowest BCUT2D eigenvalue weighted by Gasteiger charge is -2.19. The summed E-state index contributed by atoms with van der Waals surface area (Å²) in [6.07, 6.45) is 0. The lowest BCUT2D eigenvalue weighted by molar-refractivity contribution is -0.405. The lowest BCUT2D eigenvalue weighted by Crippen LogP contribution is -2.51. The van der Waals surface area contributed by atoms with E-state index < -0.39 is 0 Å². The van der Waals surface area contributed by atoms with Crippen molar-refractivity contribution >= 4 is 33.6 Å². The second-order valence-electron chi connectivity index (χ2n) is 2.74. The van der Waals surface area contributed by atoms with E-state index in [1.54, 1.807) is 14.0 Å². The van der Waals surface area contributed by atoms with E-state index in [4.69, 9.17) is 0 Å². The van der Waals surface area contributed by atoms with Crippen LogP contribution in [0.3, 0.4) is 0 Å². The van der Waals surface area contributed by atoms with E-state index in [2.05, 4.69) is 15.9 Å². The van der Waals surface area contributed by atoms with Gasteiger partial charge in [-0.2, -0.15) is 9.69 Å². The van der Waals surface area contributed by atoms with Gasteiger partial charge in [0.2, 0.25) is 0 Å². The first-order valence-electron chi connectivity index (χ1n) is 3.49. The molecule has 3 amide bonds. The molecule has 0 aliphatic carbocycles. The molecule has 0 N–H and O–H groups in total. The summed E-state index contributed by atoms with van der Waals surface area (Å²) in [4.78, 5) is 23.3. The topological polar surface area (TPSA) is 40.4 Å². The van der Waals surface area contributed by atoms with Gasteiger partial charge in [0.25, 0.3) is 0 Å². The van der Waals surface area contributed by atoms with Gasteiger partial charge in [-0.1, -0.05) is 15.9 Å². The largest absolute Gasteiger partial charge is 0.500 e. The molecule has 1 unspecified atom stereocenters. The zero-order valence-corrected chi connectivity index (χ0v) is 8.75. The average Bonchev–Trinajstić information content (AvgIpc) is 2.08. The normalized spacial score (nSPS) is 25.3. The highest BCUT2D eigenvalue weighted by Gasteiger charge is 2.41. The van der Waals surface area contributed by atoms with Crippen molar-refractivity contribution in [1.29, 1.82) is 0 Å². The number of amides is 3. The van der Waals surface area contributed by atoms with Crippen molar-refractivity contribution in [1.82, 2.24) is 4.90 Å². The molecule has 66 valence electrons. The van der Waals surface area contributed by atoms with Crippen LogP contribution < -0.4 is 0 Å². The monoisotopic (exact) mass is 233 g/mol. The Bertz CT molecular complexity index is 285. The number of nitrogens with zero attached hydrogens (tertiary/aromatic N) is 2. The maximum absolute atomic E-state index is 11.3. The Hall–Kier alpha value is -0.710. The number of carbonyl (C=O) groups excluding carboxylic acids is 2. The number of hydrogen-bond donors (Lipinski definition) is 0. The SMILES string of the molecule is CC1=[N+](C)C(=O)N(C)C(=O)C1Br. The highest BCUT2D eigenvalue weighted by Crippen LogP contribution is 2.12. The molecule has 0 spiro atoms. The van der Waals surface area contributed by atoms with Crippen molar-refractivity contribution in [3.05, 3.63) is 0 Å². The fraction of sp³-hybridized carbons (Fsp3) is 0.571. The maximum Gasteiger partial charge on any atom is 0.500 e. The van der Waals surface area contributed by atoms with E-state index >= 15 is 0 Å². The predicted octanol–water partition coefficient (Wildman–Crippen LogP) is 0.445. The first-order valence-corrected chi connectivity index (χ1v) is 4.41. The Kier molecular flexibility index (Phi) is 2.32. The van der Waals surface area contributed by atoms with Crippen LogP contribution in [0.1, 0.15) is 6.92 Å². The summed E-state index contributed by atoms with van der Waals surface area (Å²) in [5.74, 6) is -0.212. The van der Waals surface area contributed by atoms with Crippen LogP contribution in [0.5, 0.6) is 0 Å². The Morgan fingerprint density at radius 3 is 2.50 bits per heavy atom. The predicted molar refractivity (Wildman–Crippen MR) is 47.7 cm³/mol. The minimum absolute atomic E-state index is 0.212. The van der Waals surface area contributed by atoms with E-state index in [-0.39, 0.29) is 16.8 Å². The summed E-state index contributed by atoms with van der Waals surface area (Å²) in [7, 11) is 3.12. The summed E-state index contributed by atoms with van der Waals surface area (Å²) in [6, 6.07) is -0.284. The van der Waals surface area contributed by atoms with Gasteiger partial charge in [-0.3, -0.25) is 0 Å². The third-order valence-corrected chi connectivity index (χ3v) is 3.07. The second kappa shape index (κ2) is 2.97. The lowest BCUT2D eigenvalue weighted by atomic mass is 10.2. The van der Waals surface area contributed by atoms with Gasteiger partial charge >= 0.3 is 11.9 Å². The molecule has 0 aromatic heterocycles. The zero-order valence-electron chi connectivity index (χ0n) is 7.17. The van der Waals surface area contributed by atoms with E-state index in [9.17, 15) is 9.59 Å². The van der Waals surface area contributed by atoms with Crippen LogP contribution in [-0.4, -0.2) is 46.0 Å². The van der Waals surface area contributed by atoms with Gasteiger partial charge in [-0.25, -0.2) is 9.37 Å². The van der Waals surface area contributed by atoms with Crippen LogP contribution in [0.25, 0.3) is 0 Å². The summed E-state index contributed by atoms with van der Waals surface area (Å²) in [6.45, 7) is 1.75. The number of imide groups is 1. The molecule has 1 aliphatic rings. The average molecular weight is 234 g/mol. The van der Waals surface area contributed by atoms with Crippen LogP contribution in [0.2, 0.25) is 0 Å². The summed E-state index contributed by atoms with van der Waals surface area (Å²) >= 11 is 3.21. The Labute approximate surface area is 79.0 Å². The zero-order chi connectivity index (χ0) is 9.46. The number of hydrogen-bond acceptors (Lipinski definition) is 2. The van der Waals surface area contributed by atoms with E-state index in [1.807, 2.05) is 0 Å². The van der Waals surface area contributed by atoms with E-state index in [0.29, 0.717) is 0 Å². The first-order chi connectivity index (χ1) is 5.46. The molecule has 1 atom stereocenters. The van der Waals surface area contributed by atoms with Gasteiger partial charge in [0.15, 0.2) is 4.83 Å². The number of halogens is 1. The fourth-order valence-corrected chi connectivity index (χ4v) is 1.60. The Morgan fingerprint density at radius 2 is 2.00 bits per heavy atom. The maximum atomic E-state index is 11.3. The Balaban J connectivity index is 3.17. The molecule has 1 aliphatic heterocycles. The molecule has 0 saturated heterocycles. The molecule has 1 rings (SSSR count). The molecule has 0 bridgehead atoms. The summed E-state index contributed by atoms with van der Waals surface area (Å²) < 4.78 is 1.46. The standard InChI is InChI=1S/C7H10BrN2O2/c1-4-5(8)6(11)10(3)7(12)9(4)2/h5H,1-3H3/q+1. The molecule has 0 radical (unpaired) electrons. The minimum Gasteiger partial charge on any atom is -0.245 e. The van der Waals surface area contributed by atoms with Crippen LogP contribution in [0.4, 0.5) is 4.79 Å². The molecule has 1 heterocycles. The number of carbonyl (C=O) groups is 2. The van der Waals surface area contributed by atoms with Crippen LogP contribution in [0, 0.1) is 0 Å². The van der Waals surface area contributed by atoms with Crippen molar-refractivity contribution in [2.75, 3.05) is 14.1 Å². The van der Waals surface area contributed by atoms with Gasteiger partial charge < -0.3 is 0 Å². The van der Waals surface area contributed by atoms with Crippen molar-refractivity contribution in [2.45, 2.75) is 11.8 Å². The van der Waals surface area contributed by atoms with Crippen LogP contribution >= 0.6 is 15.9 Å². The highest BCUT2D eigenvalue weighted by molar-refractivity contribution is 9.10. The van der Waals surface area contributed by atoms with Gasteiger partial charge in [-0.05, 0) is 6.92 Å². The molecule has 0 aromatic carbocycles. The number of urea groups is 1. The van der Waals surface area contributed by atoms with Crippen molar-refractivity contribution < 1.29 is 14.2 Å². The third kappa shape index (κ3) is 1.18. The first kappa shape index (κ1) is 9.38. The van der Waals surface area contributed by atoms with Gasteiger partial charge in [-0.15, -0.1) is 0 Å². The summed E-state index contributed by atoms with van der Waals surface area (Å²) in [5, 5.41) is 0. The van der Waals surface area contributed by atoms with E-state index in [1.165, 1.54) is 11.6 Å². The van der Waals surface area contributed by atoms with Crippen molar-refractivity contribution in [3.8, 4) is 0 Å². The molecule has 5 heteroatoms. The molecule has 12 heavy (non-hydrogen) atoms. The smallest absolute Gasteiger partial charge is 0.245 e. The molecule has 0 saturated carbocycles. The summed E-state index contributed by atoms with van der Waals surface area (Å²) in [5.41, 5.74) is 0.725. The quantitative estimate of drug-likeness (QED) is 0.451. The van der Waals surface area contributed by atoms with Crippen molar-refractivity contribution in [3.63, 3.8) is 0 Å². The van der Waals surface area contributed by atoms with Crippen molar-refractivity contribution in [2.24, 2.45) is 0 Å². The van der Waals surface area contributed by atoms with Crippen LogP contribution in [-0.2, 0) is 4.79 Å².